The zero-order valence-corrected chi connectivity index (χ0v) is 21.3. The summed E-state index contributed by atoms with van der Waals surface area (Å²) in [6, 6.07) is 32.6. The number of aliphatic hydroxyl groups excluding tert-OH is 1. The average Bonchev–Trinajstić information content (AvgIpc) is 2.99. The Kier molecular flexibility index (Phi) is 6.87. The largest absolute Gasteiger partial charge is 0.491 e. The molecule has 0 aliphatic rings. The first-order valence-electron chi connectivity index (χ1n) is 12.7. The third-order valence-corrected chi connectivity index (χ3v) is 6.47. The Morgan fingerprint density at radius 3 is 1.43 bits per heavy atom. The van der Waals surface area contributed by atoms with Gasteiger partial charge in [0.2, 0.25) is 0 Å². The minimum atomic E-state index is -0.939. The van der Waals surface area contributed by atoms with Crippen LogP contribution in [0.2, 0.25) is 0 Å². The molecule has 2 aromatic heterocycles. The van der Waals surface area contributed by atoms with Crippen molar-refractivity contribution in [1.29, 1.82) is 0 Å². The van der Waals surface area contributed by atoms with Crippen molar-refractivity contribution in [3.05, 3.63) is 130 Å². The fourth-order valence-electron chi connectivity index (χ4n) is 4.43. The molecule has 0 aliphatic heterocycles. The molecule has 0 fully saturated rings. The van der Waals surface area contributed by atoms with Crippen LogP contribution in [-0.2, 0) is 0 Å². The second-order valence-corrected chi connectivity index (χ2v) is 9.30. The standard InChI is InChI=1S/C33H24O7/c34-25(19-37-26-13-11-23-15-28(21-7-3-1-4-8-21)32(35)39-30(23)17-26)20-38-27-14-12-24-16-29(22-9-5-2-6-10-22)33(36)40-31(24)18-27/h1-18,25,34H,19-20H2. The second-order valence-electron chi connectivity index (χ2n) is 9.30. The molecule has 0 bridgehead atoms. The lowest BCUT2D eigenvalue weighted by molar-refractivity contribution is 0.0627. The molecule has 0 aliphatic carbocycles. The van der Waals surface area contributed by atoms with Crippen molar-refractivity contribution >= 4 is 21.9 Å². The number of rotatable bonds is 8. The maximum atomic E-state index is 12.5. The van der Waals surface area contributed by atoms with Gasteiger partial charge in [-0.05, 0) is 47.5 Å². The fraction of sp³-hybridized carbons (Fsp3) is 0.0909. The molecule has 0 spiro atoms. The number of hydrogen-bond donors (Lipinski definition) is 1. The maximum absolute atomic E-state index is 12.5. The molecule has 0 atom stereocenters. The van der Waals surface area contributed by atoms with Crippen molar-refractivity contribution in [2.45, 2.75) is 6.10 Å². The van der Waals surface area contributed by atoms with Gasteiger partial charge < -0.3 is 23.4 Å². The van der Waals surface area contributed by atoms with Gasteiger partial charge >= 0.3 is 11.3 Å². The van der Waals surface area contributed by atoms with E-state index in [1.807, 2.05) is 60.7 Å². The third-order valence-electron chi connectivity index (χ3n) is 6.47. The van der Waals surface area contributed by atoms with E-state index in [9.17, 15) is 14.7 Å². The average molecular weight is 533 g/mol. The van der Waals surface area contributed by atoms with Crippen molar-refractivity contribution in [2.75, 3.05) is 13.2 Å². The molecule has 0 saturated heterocycles. The van der Waals surface area contributed by atoms with Crippen molar-refractivity contribution in [3.63, 3.8) is 0 Å². The number of fused-ring (bicyclic) bond motifs is 2. The Labute approximate surface area is 228 Å². The first-order chi connectivity index (χ1) is 19.5. The van der Waals surface area contributed by atoms with Gasteiger partial charge in [0.15, 0.2) is 0 Å². The van der Waals surface area contributed by atoms with Gasteiger partial charge in [-0.25, -0.2) is 9.59 Å². The van der Waals surface area contributed by atoms with Crippen LogP contribution in [-0.4, -0.2) is 24.4 Å². The van der Waals surface area contributed by atoms with E-state index >= 15 is 0 Å². The van der Waals surface area contributed by atoms with E-state index < -0.39 is 17.4 Å². The van der Waals surface area contributed by atoms with Gasteiger partial charge in [-0.3, -0.25) is 0 Å². The number of aliphatic hydroxyl groups is 1. The molecule has 198 valence electrons. The predicted molar refractivity (Wildman–Crippen MR) is 153 cm³/mol. The smallest absolute Gasteiger partial charge is 0.344 e. The second kappa shape index (κ2) is 10.9. The molecule has 7 nitrogen and oxygen atoms in total. The molecule has 4 aromatic carbocycles. The van der Waals surface area contributed by atoms with Crippen LogP contribution in [0.1, 0.15) is 0 Å². The first kappa shape index (κ1) is 25.2. The van der Waals surface area contributed by atoms with Gasteiger partial charge in [0.1, 0.15) is 42.0 Å². The van der Waals surface area contributed by atoms with Crippen molar-refractivity contribution < 1.29 is 23.4 Å². The highest BCUT2D eigenvalue weighted by Gasteiger charge is 2.12. The Bertz CT molecular complexity index is 1770. The molecule has 40 heavy (non-hydrogen) atoms. The molecule has 6 rings (SSSR count). The summed E-state index contributed by atoms with van der Waals surface area (Å²) < 4.78 is 22.5. The van der Waals surface area contributed by atoms with Crippen LogP contribution in [0.15, 0.2) is 128 Å². The molecule has 2 heterocycles. The number of ether oxygens (including phenoxy) is 2. The van der Waals surface area contributed by atoms with Gasteiger partial charge in [0.25, 0.3) is 0 Å². The summed E-state index contributed by atoms with van der Waals surface area (Å²) in [5.74, 6) is 0.896. The van der Waals surface area contributed by atoms with Crippen molar-refractivity contribution in [1.82, 2.24) is 0 Å². The third kappa shape index (κ3) is 5.36. The SMILES string of the molecule is O=c1oc2cc(OCC(O)COc3ccc4cc(-c5ccccc5)c(=O)oc4c3)ccc2cc1-c1ccccc1. The summed E-state index contributed by atoms with van der Waals surface area (Å²) in [6.07, 6.45) is -0.939. The number of benzene rings is 4. The van der Waals surface area contributed by atoms with Crippen LogP contribution in [0.4, 0.5) is 0 Å². The first-order valence-corrected chi connectivity index (χ1v) is 12.7. The molecule has 6 aromatic rings. The fourth-order valence-corrected chi connectivity index (χ4v) is 4.43. The Balaban J connectivity index is 1.09. The van der Waals surface area contributed by atoms with E-state index in [1.54, 1.807) is 48.5 Å². The summed E-state index contributed by atoms with van der Waals surface area (Å²) >= 11 is 0. The minimum absolute atomic E-state index is 0.0407. The predicted octanol–water partition coefficient (Wildman–Crippen LogP) is 6.05. The van der Waals surface area contributed by atoms with E-state index in [1.165, 1.54) is 0 Å². The lowest BCUT2D eigenvalue weighted by Gasteiger charge is -2.14. The lowest BCUT2D eigenvalue weighted by atomic mass is 10.1. The minimum Gasteiger partial charge on any atom is -0.491 e. The maximum Gasteiger partial charge on any atom is 0.344 e. The van der Waals surface area contributed by atoms with E-state index in [4.69, 9.17) is 18.3 Å². The van der Waals surface area contributed by atoms with Crippen LogP contribution in [0.3, 0.4) is 0 Å². The molecular weight excluding hydrogens is 508 g/mol. The molecular formula is C33H24O7. The zero-order valence-electron chi connectivity index (χ0n) is 21.3. The van der Waals surface area contributed by atoms with Gasteiger partial charge in [-0.2, -0.15) is 0 Å². The van der Waals surface area contributed by atoms with Gasteiger partial charge in [-0.1, -0.05) is 60.7 Å². The zero-order chi connectivity index (χ0) is 27.5. The Hall–Kier alpha value is -5.14. The van der Waals surface area contributed by atoms with E-state index in [0.29, 0.717) is 33.8 Å². The highest BCUT2D eigenvalue weighted by atomic mass is 16.5. The van der Waals surface area contributed by atoms with Crippen LogP contribution in [0.25, 0.3) is 44.2 Å². The highest BCUT2D eigenvalue weighted by Crippen LogP contribution is 2.26. The summed E-state index contributed by atoms with van der Waals surface area (Å²) in [4.78, 5) is 25.0. The monoisotopic (exact) mass is 532 g/mol. The van der Waals surface area contributed by atoms with Gasteiger partial charge in [-0.15, -0.1) is 0 Å². The quantitative estimate of drug-likeness (QED) is 0.238. The van der Waals surface area contributed by atoms with Crippen molar-refractivity contribution in [2.24, 2.45) is 0 Å². The summed E-state index contributed by atoms with van der Waals surface area (Å²) in [7, 11) is 0. The van der Waals surface area contributed by atoms with Crippen molar-refractivity contribution in [3.8, 4) is 33.8 Å². The molecule has 0 radical (unpaired) electrons. The normalized spacial score (nSPS) is 11.2. The van der Waals surface area contributed by atoms with E-state index in [-0.39, 0.29) is 13.2 Å². The lowest BCUT2D eigenvalue weighted by Crippen LogP contribution is -2.25. The number of hydrogen-bond acceptors (Lipinski definition) is 7. The molecule has 1 N–H and O–H groups in total. The molecule has 7 heteroatoms. The summed E-state index contributed by atoms with van der Waals surface area (Å²) in [5, 5.41) is 11.9. The van der Waals surface area contributed by atoms with Gasteiger partial charge in [0, 0.05) is 22.9 Å². The Morgan fingerprint density at radius 1 is 0.575 bits per heavy atom. The summed E-state index contributed by atoms with van der Waals surface area (Å²) in [5.41, 5.74) is 2.44. The highest BCUT2D eigenvalue weighted by molar-refractivity contribution is 5.83. The van der Waals surface area contributed by atoms with E-state index in [0.717, 1.165) is 21.9 Å². The van der Waals surface area contributed by atoms with Crippen LogP contribution < -0.4 is 20.7 Å². The van der Waals surface area contributed by atoms with Crippen LogP contribution in [0, 0.1) is 0 Å². The van der Waals surface area contributed by atoms with Crippen LogP contribution >= 0.6 is 0 Å². The Morgan fingerprint density at radius 2 is 1.00 bits per heavy atom. The van der Waals surface area contributed by atoms with Gasteiger partial charge in [0.05, 0.1) is 11.1 Å². The van der Waals surface area contributed by atoms with Crippen LogP contribution in [0.5, 0.6) is 11.5 Å². The molecule has 0 saturated carbocycles. The summed E-state index contributed by atoms with van der Waals surface area (Å²) in [6.45, 7) is -0.0815. The van der Waals surface area contributed by atoms with E-state index in [2.05, 4.69) is 0 Å². The molecule has 0 unspecified atom stereocenters. The topological polar surface area (TPSA) is 99.1 Å². The molecule has 0 amide bonds.